The molecular weight excluding hydrogens is 379 g/mol. The molecular formula is C15H19BrF3NOS. The zero-order valence-electron chi connectivity index (χ0n) is 12.6. The molecule has 0 aliphatic carbocycles. The van der Waals surface area contributed by atoms with Crippen LogP contribution in [0.3, 0.4) is 0 Å². The summed E-state index contributed by atoms with van der Waals surface area (Å²) in [4.78, 5) is 0. The lowest BCUT2D eigenvalue weighted by Gasteiger charge is -2.25. The average Bonchev–Trinajstić information content (AvgIpc) is 2.35. The molecule has 1 aromatic carbocycles. The second kappa shape index (κ2) is 7.27. The van der Waals surface area contributed by atoms with Crippen LogP contribution in [0.1, 0.15) is 44.4 Å². The van der Waals surface area contributed by atoms with E-state index in [1.807, 2.05) is 20.8 Å². The van der Waals surface area contributed by atoms with Crippen molar-refractivity contribution in [2.45, 2.75) is 44.2 Å². The fraction of sp³-hybridized carbons (Fsp3) is 0.467. The van der Waals surface area contributed by atoms with E-state index in [4.69, 9.17) is 0 Å². The second-order valence-electron chi connectivity index (χ2n) is 5.81. The number of halogens is 4. The number of rotatable bonds is 5. The number of alkyl halides is 3. The summed E-state index contributed by atoms with van der Waals surface area (Å²) in [6, 6.07) is 3.08. The summed E-state index contributed by atoms with van der Waals surface area (Å²) in [6.07, 6.45) is -2.30. The first-order valence-electron chi connectivity index (χ1n) is 6.62. The molecule has 1 aromatic rings. The minimum atomic E-state index is -4.39. The predicted octanol–water partition coefficient (Wildman–Crippen LogP) is 5.14. The monoisotopic (exact) mass is 397 g/mol. The Balaban J connectivity index is 3.12. The molecule has 1 N–H and O–H groups in total. The molecule has 2 atom stereocenters. The summed E-state index contributed by atoms with van der Waals surface area (Å²) in [6.45, 7) is 9.11. The summed E-state index contributed by atoms with van der Waals surface area (Å²) in [5.74, 6) is 0. The average molecular weight is 398 g/mol. The summed E-state index contributed by atoms with van der Waals surface area (Å²) < 4.78 is 53.2. The largest absolute Gasteiger partial charge is 0.416 e. The maximum Gasteiger partial charge on any atom is 0.416 e. The molecule has 22 heavy (non-hydrogen) atoms. The Hall–Kier alpha value is -0.660. The minimum absolute atomic E-state index is 0.326. The van der Waals surface area contributed by atoms with Crippen molar-refractivity contribution in [2.75, 3.05) is 0 Å². The maximum atomic E-state index is 12.7. The molecule has 1 unspecified atom stereocenters. The van der Waals surface area contributed by atoms with E-state index in [0.717, 1.165) is 12.1 Å². The molecule has 0 fully saturated rings. The standard InChI is InChI=1S/C15H19BrF3NOS/c1-5-6-13(20-22(21)14(2,3)4)11-8-7-10(9-12(11)16)15(17,18)19/h5,7-9,13,20H,1,6H2,2-4H3/t13?,22-/m1/s1. The maximum absolute atomic E-state index is 12.7. The summed E-state index contributed by atoms with van der Waals surface area (Å²) in [5, 5.41) is 0. The summed E-state index contributed by atoms with van der Waals surface area (Å²) >= 11 is 3.18. The Bertz CT molecular complexity index is 567. The molecule has 124 valence electrons. The van der Waals surface area contributed by atoms with Crippen molar-refractivity contribution in [2.24, 2.45) is 0 Å². The van der Waals surface area contributed by atoms with Gasteiger partial charge in [-0.3, -0.25) is 0 Å². The molecule has 7 heteroatoms. The topological polar surface area (TPSA) is 29.1 Å². The van der Waals surface area contributed by atoms with Gasteiger partial charge in [-0.05, 0) is 44.9 Å². The number of benzene rings is 1. The van der Waals surface area contributed by atoms with Crippen LogP contribution in [0.15, 0.2) is 35.3 Å². The predicted molar refractivity (Wildman–Crippen MR) is 87.7 cm³/mol. The Morgan fingerprint density at radius 1 is 1.36 bits per heavy atom. The molecule has 0 amide bonds. The van der Waals surface area contributed by atoms with Crippen molar-refractivity contribution in [1.29, 1.82) is 0 Å². The van der Waals surface area contributed by atoms with Crippen LogP contribution in [0.5, 0.6) is 0 Å². The van der Waals surface area contributed by atoms with Crippen LogP contribution >= 0.6 is 15.9 Å². The van der Waals surface area contributed by atoms with Gasteiger partial charge in [0, 0.05) is 10.5 Å². The van der Waals surface area contributed by atoms with Gasteiger partial charge in [0.25, 0.3) is 0 Å². The van der Waals surface area contributed by atoms with Crippen molar-refractivity contribution < 1.29 is 17.4 Å². The fourth-order valence-corrected chi connectivity index (χ4v) is 3.19. The molecule has 0 saturated heterocycles. The third-order valence-electron chi connectivity index (χ3n) is 2.91. The Kier molecular flexibility index (Phi) is 6.41. The van der Waals surface area contributed by atoms with Gasteiger partial charge in [0.2, 0.25) is 0 Å². The van der Waals surface area contributed by atoms with Gasteiger partial charge in [0.1, 0.15) is 0 Å². The minimum Gasteiger partial charge on any atom is -0.242 e. The van der Waals surface area contributed by atoms with Crippen molar-refractivity contribution >= 4 is 26.9 Å². The highest BCUT2D eigenvalue weighted by Gasteiger charge is 2.31. The second-order valence-corrected chi connectivity index (χ2v) is 8.66. The third-order valence-corrected chi connectivity index (χ3v) is 5.21. The van der Waals surface area contributed by atoms with Gasteiger partial charge in [-0.15, -0.1) is 6.58 Å². The first kappa shape index (κ1) is 19.4. The molecule has 0 aliphatic rings. The van der Waals surface area contributed by atoms with Crippen molar-refractivity contribution in [3.63, 3.8) is 0 Å². The molecule has 0 bridgehead atoms. The Morgan fingerprint density at radius 3 is 2.36 bits per heavy atom. The van der Waals surface area contributed by atoms with E-state index in [9.17, 15) is 17.4 Å². The van der Waals surface area contributed by atoms with Crippen LogP contribution in [0.25, 0.3) is 0 Å². The highest BCUT2D eigenvalue weighted by Crippen LogP contribution is 2.35. The number of hydrogen-bond acceptors (Lipinski definition) is 1. The highest BCUT2D eigenvalue weighted by atomic mass is 79.9. The van der Waals surface area contributed by atoms with Crippen LogP contribution in [-0.4, -0.2) is 8.96 Å². The van der Waals surface area contributed by atoms with Gasteiger partial charge in [0.05, 0.1) is 21.3 Å². The van der Waals surface area contributed by atoms with Crippen molar-refractivity contribution in [3.8, 4) is 0 Å². The molecule has 1 rings (SSSR count). The van der Waals surface area contributed by atoms with Crippen LogP contribution in [0.4, 0.5) is 13.2 Å². The Labute approximate surface area is 139 Å². The number of nitrogens with one attached hydrogen (secondary N) is 1. The normalized spacial score (nSPS) is 15.4. The van der Waals surface area contributed by atoms with E-state index >= 15 is 0 Å². The smallest absolute Gasteiger partial charge is 0.242 e. The van der Waals surface area contributed by atoms with E-state index in [1.54, 1.807) is 6.08 Å². The lowest BCUT2D eigenvalue weighted by atomic mass is 10.0. The molecule has 0 aromatic heterocycles. The van der Waals surface area contributed by atoms with Crippen LogP contribution in [-0.2, 0) is 17.2 Å². The van der Waals surface area contributed by atoms with E-state index in [2.05, 4.69) is 27.2 Å². The lowest BCUT2D eigenvalue weighted by Crippen LogP contribution is -2.35. The van der Waals surface area contributed by atoms with Gasteiger partial charge >= 0.3 is 6.18 Å². The Morgan fingerprint density at radius 2 is 1.95 bits per heavy atom. The lowest BCUT2D eigenvalue weighted by molar-refractivity contribution is -0.137. The van der Waals surface area contributed by atoms with Crippen molar-refractivity contribution in [3.05, 3.63) is 46.5 Å². The van der Waals surface area contributed by atoms with E-state index in [1.165, 1.54) is 6.07 Å². The van der Waals surface area contributed by atoms with Crippen LogP contribution in [0, 0.1) is 0 Å². The van der Waals surface area contributed by atoms with E-state index in [-0.39, 0.29) is 6.04 Å². The van der Waals surface area contributed by atoms with Crippen LogP contribution < -0.4 is 4.72 Å². The molecule has 0 spiro atoms. The zero-order chi connectivity index (χ0) is 17.1. The fourth-order valence-electron chi connectivity index (χ4n) is 1.70. The number of hydrogen-bond donors (Lipinski definition) is 1. The molecule has 0 aliphatic heterocycles. The molecule has 0 heterocycles. The van der Waals surface area contributed by atoms with Gasteiger partial charge in [0.15, 0.2) is 0 Å². The molecule has 0 saturated carbocycles. The molecule has 0 radical (unpaired) electrons. The first-order chi connectivity index (χ1) is 9.96. The van der Waals surface area contributed by atoms with E-state index < -0.39 is 27.5 Å². The van der Waals surface area contributed by atoms with Gasteiger partial charge in [-0.25, -0.2) is 8.93 Å². The van der Waals surface area contributed by atoms with Gasteiger partial charge in [-0.2, -0.15) is 13.2 Å². The zero-order valence-corrected chi connectivity index (χ0v) is 15.0. The highest BCUT2D eigenvalue weighted by molar-refractivity contribution is 9.10. The van der Waals surface area contributed by atoms with Gasteiger partial charge < -0.3 is 0 Å². The summed E-state index contributed by atoms with van der Waals surface area (Å²) in [5.41, 5.74) is -0.108. The quantitative estimate of drug-likeness (QED) is 0.684. The third kappa shape index (κ3) is 5.21. The van der Waals surface area contributed by atoms with E-state index in [0.29, 0.717) is 16.5 Å². The SMILES string of the molecule is C=CCC(N[S@](=O)C(C)(C)C)c1ccc(C(F)(F)F)cc1Br. The van der Waals surface area contributed by atoms with Crippen LogP contribution in [0.2, 0.25) is 0 Å². The molecule has 2 nitrogen and oxygen atoms in total. The summed E-state index contributed by atoms with van der Waals surface area (Å²) in [7, 11) is -1.34. The first-order valence-corrected chi connectivity index (χ1v) is 8.56. The van der Waals surface area contributed by atoms with Gasteiger partial charge in [-0.1, -0.05) is 28.1 Å². The van der Waals surface area contributed by atoms with Crippen molar-refractivity contribution in [1.82, 2.24) is 4.72 Å².